The summed E-state index contributed by atoms with van der Waals surface area (Å²) in [5.41, 5.74) is 3.11. The molecule has 32 heavy (non-hydrogen) atoms. The first-order valence-corrected chi connectivity index (χ1v) is 12.6. The lowest BCUT2D eigenvalue weighted by Crippen LogP contribution is -2.61. The predicted molar refractivity (Wildman–Crippen MR) is 125 cm³/mol. The van der Waals surface area contributed by atoms with Crippen molar-refractivity contribution in [3.63, 3.8) is 0 Å². The van der Waals surface area contributed by atoms with Gasteiger partial charge < -0.3 is 14.4 Å². The zero-order valence-electron chi connectivity index (χ0n) is 20.1. The average molecular weight is 439 g/mol. The lowest BCUT2D eigenvalue weighted by Gasteiger charge is -2.62. The van der Waals surface area contributed by atoms with Gasteiger partial charge in [-0.3, -0.25) is 4.98 Å². The number of rotatable bonds is 3. The molecule has 0 spiro atoms. The largest absolute Gasteiger partial charge is 0.492 e. The molecule has 0 radical (unpaired) electrons. The standard InChI is InChI=1S/C27H38N2O3/c1-5-32-19-15-18(16-28-17-19)21-8-9-22-20-7-10-24-27(3,23(20)11-13-26(21,22)2)12-6-14-29(24)25(30)31-4/h8,15-17,20,22-24H,5-7,9-14H2,1-4H3/t20-,22-,23?,24?,26+,27+/m0/s1. The van der Waals surface area contributed by atoms with Crippen LogP contribution in [-0.2, 0) is 4.74 Å². The molecule has 6 atom stereocenters. The molecule has 5 rings (SSSR count). The molecule has 4 aliphatic rings. The molecule has 3 fully saturated rings. The highest BCUT2D eigenvalue weighted by molar-refractivity contribution is 5.73. The lowest BCUT2D eigenvalue weighted by atomic mass is 9.46. The van der Waals surface area contributed by atoms with Crippen molar-refractivity contribution in [2.45, 2.75) is 71.8 Å². The fraction of sp³-hybridized carbons (Fsp3) is 0.704. The lowest BCUT2D eigenvalue weighted by molar-refractivity contribution is -0.109. The Morgan fingerprint density at radius 1 is 1.19 bits per heavy atom. The number of nitrogens with zero attached hydrogens (tertiary/aromatic N) is 2. The monoisotopic (exact) mass is 438 g/mol. The van der Waals surface area contributed by atoms with Crippen molar-refractivity contribution >= 4 is 11.7 Å². The van der Waals surface area contributed by atoms with Crippen molar-refractivity contribution in [3.8, 4) is 5.75 Å². The Hall–Kier alpha value is -2.04. The summed E-state index contributed by atoms with van der Waals surface area (Å²) in [6, 6.07) is 2.51. The maximum absolute atomic E-state index is 12.5. The summed E-state index contributed by atoms with van der Waals surface area (Å²) in [7, 11) is 1.52. The van der Waals surface area contributed by atoms with Crippen LogP contribution in [0.4, 0.5) is 4.79 Å². The number of aromatic nitrogens is 1. The van der Waals surface area contributed by atoms with Crippen LogP contribution in [0.5, 0.6) is 5.75 Å². The van der Waals surface area contributed by atoms with Gasteiger partial charge in [-0.15, -0.1) is 0 Å². The average Bonchev–Trinajstić information content (AvgIpc) is 3.15. The number of hydrogen-bond acceptors (Lipinski definition) is 4. The molecule has 174 valence electrons. The Bertz CT molecular complexity index is 914. The van der Waals surface area contributed by atoms with Gasteiger partial charge in [0.05, 0.1) is 19.9 Å². The summed E-state index contributed by atoms with van der Waals surface area (Å²) in [6.45, 7) is 8.50. The molecule has 1 aromatic rings. The Kier molecular flexibility index (Phi) is 5.50. The second-order valence-corrected chi connectivity index (χ2v) is 10.9. The van der Waals surface area contributed by atoms with E-state index in [2.05, 4.69) is 35.9 Å². The number of carbonyl (C=O) groups is 1. The normalized spacial score (nSPS) is 38.2. The maximum atomic E-state index is 12.5. The van der Waals surface area contributed by atoms with Gasteiger partial charge in [0, 0.05) is 18.8 Å². The summed E-state index contributed by atoms with van der Waals surface area (Å²) >= 11 is 0. The number of ether oxygens (including phenoxy) is 2. The van der Waals surface area contributed by atoms with Crippen LogP contribution in [0.25, 0.3) is 5.57 Å². The number of likely N-dealkylation sites (tertiary alicyclic amines) is 1. The molecule has 5 heteroatoms. The number of methoxy groups -OCH3 is 1. The van der Waals surface area contributed by atoms with Crippen molar-refractivity contribution < 1.29 is 14.3 Å². The smallest absolute Gasteiger partial charge is 0.409 e. The molecule has 2 unspecified atom stereocenters. The van der Waals surface area contributed by atoms with Gasteiger partial charge >= 0.3 is 6.09 Å². The van der Waals surface area contributed by atoms with Crippen molar-refractivity contribution in [2.75, 3.05) is 20.3 Å². The molecule has 3 aliphatic carbocycles. The van der Waals surface area contributed by atoms with E-state index in [9.17, 15) is 4.79 Å². The van der Waals surface area contributed by atoms with Gasteiger partial charge in [-0.05, 0) is 97.7 Å². The summed E-state index contributed by atoms with van der Waals surface area (Å²) in [5.74, 6) is 2.96. The van der Waals surface area contributed by atoms with Gasteiger partial charge in [-0.1, -0.05) is 19.9 Å². The van der Waals surface area contributed by atoms with E-state index in [1.165, 1.54) is 43.9 Å². The highest BCUT2D eigenvalue weighted by Crippen LogP contribution is 2.66. The van der Waals surface area contributed by atoms with Gasteiger partial charge in [-0.2, -0.15) is 0 Å². The van der Waals surface area contributed by atoms with Crippen LogP contribution >= 0.6 is 0 Å². The van der Waals surface area contributed by atoms with Crippen LogP contribution in [-0.4, -0.2) is 42.3 Å². The molecule has 2 saturated carbocycles. The number of pyridine rings is 1. The molecule has 1 amide bonds. The van der Waals surface area contributed by atoms with E-state index in [0.717, 1.165) is 37.5 Å². The first-order valence-electron chi connectivity index (χ1n) is 12.6. The highest BCUT2D eigenvalue weighted by atomic mass is 16.5. The second kappa shape index (κ2) is 8.07. The number of fused-ring (bicyclic) bond motifs is 5. The zero-order chi connectivity index (χ0) is 22.5. The molecule has 2 heterocycles. The minimum absolute atomic E-state index is 0.133. The molecule has 0 aromatic carbocycles. The van der Waals surface area contributed by atoms with Crippen LogP contribution in [0, 0.1) is 28.6 Å². The maximum Gasteiger partial charge on any atom is 0.409 e. The van der Waals surface area contributed by atoms with E-state index in [0.29, 0.717) is 24.5 Å². The molecule has 0 N–H and O–H groups in total. The fourth-order valence-corrected chi connectivity index (χ4v) is 8.25. The van der Waals surface area contributed by atoms with Crippen LogP contribution in [0.15, 0.2) is 24.5 Å². The van der Waals surface area contributed by atoms with Gasteiger partial charge in [0.1, 0.15) is 5.75 Å². The van der Waals surface area contributed by atoms with Crippen molar-refractivity contribution in [3.05, 3.63) is 30.1 Å². The topological polar surface area (TPSA) is 51.7 Å². The van der Waals surface area contributed by atoms with E-state index in [1.807, 2.05) is 19.3 Å². The predicted octanol–water partition coefficient (Wildman–Crippen LogP) is 5.95. The van der Waals surface area contributed by atoms with Gasteiger partial charge in [-0.25, -0.2) is 4.79 Å². The summed E-state index contributed by atoms with van der Waals surface area (Å²) in [6.07, 6.45) is 14.5. The summed E-state index contributed by atoms with van der Waals surface area (Å²) in [4.78, 5) is 19.0. The SMILES string of the molecule is CCOc1cncc(C2=CC[C@H]3[C@@H]4CCC5N(C(=O)OC)CCC[C@]5(C)C4CC[C@]23C)c1. The quantitative estimate of drug-likeness (QED) is 0.585. The van der Waals surface area contributed by atoms with Crippen LogP contribution in [0.1, 0.15) is 71.3 Å². The molecular weight excluding hydrogens is 400 g/mol. The molecule has 0 bridgehead atoms. The first-order chi connectivity index (χ1) is 15.4. The van der Waals surface area contributed by atoms with E-state index in [1.54, 1.807) is 0 Å². The number of hydrogen-bond donors (Lipinski definition) is 0. The highest BCUT2D eigenvalue weighted by Gasteiger charge is 2.59. The Labute approximate surface area is 192 Å². The molecule has 1 saturated heterocycles. The Morgan fingerprint density at radius 3 is 2.81 bits per heavy atom. The number of allylic oxidation sites excluding steroid dienone is 2. The molecule has 1 aliphatic heterocycles. The van der Waals surface area contributed by atoms with E-state index in [-0.39, 0.29) is 16.9 Å². The number of piperidine rings is 1. The van der Waals surface area contributed by atoms with Crippen LogP contribution in [0.2, 0.25) is 0 Å². The third-order valence-corrected chi connectivity index (χ3v) is 9.63. The number of amides is 1. The fourth-order valence-electron chi connectivity index (χ4n) is 8.25. The molecule has 1 aromatic heterocycles. The number of carbonyl (C=O) groups excluding carboxylic acids is 1. The van der Waals surface area contributed by atoms with E-state index < -0.39 is 0 Å². The van der Waals surface area contributed by atoms with Crippen molar-refractivity contribution in [1.82, 2.24) is 9.88 Å². The van der Waals surface area contributed by atoms with Gasteiger partial charge in [0.15, 0.2) is 0 Å². The van der Waals surface area contributed by atoms with Crippen molar-refractivity contribution in [1.29, 1.82) is 0 Å². The third-order valence-electron chi connectivity index (χ3n) is 9.63. The van der Waals surface area contributed by atoms with Gasteiger partial charge in [0.25, 0.3) is 0 Å². The zero-order valence-corrected chi connectivity index (χ0v) is 20.1. The van der Waals surface area contributed by atoms with E-state index in [4.69, 9.17) is 9.47 Å². The van der Waals surface area contributed by atoms with E-state index >= 15 is 0 Å². The summed E-state index contributed by atoms with van der Waals surface area (Å²) < 4.78 is 10.9. The van der Waals surface area contributed by atoms with Crippen LogP contribution in [0.3, 0.4) is 0 Å². The second-order valence-electron chi connectivity index (χ2n) is 10.9. The van der Waals surface area contributed by atoms with Crippen molar-refractivity contribution in [2.24, 2.45) is 28.6 Å². The molecular formula is C27H38N2O3. The molecule has 5 nitrogen and oxygen atoms in total. The first kappa shape index (κ1) is 21.8. The summed E-state index contributed by atoms with van der Waals surface area (Å²) in [5, 5.41) is 0. The minimum atomic E-state index is -0.133. The Morgan fingerprint density at radius 2 is 2.03 bits per heavy atom. The van der Waals surface area contributed by atoms with Gasteiger partial charge in [0.2, 0.25) is 0 Å². The third kappa shape index (κ3) is 3.18. The minimum Gasteiger partial charge on any atom is -0.492 e. The van der Waals surface area contributed by atoms with Crippen LogP contribution < -0.4 is 4.74 Å². The Balaban J connectivity index is 1.41.